The van der Waals surface area contributed by atoms with Crippen LogP contribution in [-0.4, -0.2) is 18.6 Å². The number of aromatic nitrogens is 1. The van der Waals surface area contributed by atoms with Crippen LogP contribution in [0.4, 0.5) is 5.82 Å². The predicted molar refractivity (Wildman–Crippen MR) is 61.8 cm³/mol. The van der Waals surface area contributed by atoms with Gasteiger partial charge in [-0.15, -0.1) is 0 Å². The monoisotopic (exact) mass is 201 g/mol. The number of anilines is 1. The molecule has 0 saturated heterocycles. The summed E-state index contributed by atoms with van der Waals surface area (Å²) in [5.41, 5.74) is 2.64. The normalized spacial score (nSPS) is 9.47. The minimum Gasteiger partial charge on any atom is -0.355 e. The largest absolute Gasteiger partial charge is 0.355 e. The number of nitriles is 1. The van der Waals surface area contributed by atoms with Crippen molar-refractivity contribution in [1.82, 2.24) is 4.98 Å². The zero-order valence-electron chi connectivity index (χ0n) is 9.41. The molecule has 1 aromatic rings. The molecule has 0 unspecified atom stereocenters. The standard InChI is InChI=1S/C12H15N3/c1-9(2)8-15(4)12-11(7-13)10(3)5-6-14-12/h5-6H,1,8H2,2-4H3. The lowest BCUT2D eigenvalue weighted by molar-refractivity contribution is 0.947. The Bertz CT molecular complexity index is 415. The van der Waals surface area contributed by atoms with E-state index >= 15 is 0 Å². The molecule has 0 aromatic carbocycles. The van der Waals surface area contributed by atoms with Crippen LogP contribution in [-0.2, 0) is 0 Å². The van der Waals surface area contributed by atoms with E-state index in [1.165, 1.54) is 0 Å². The van der Waals surface area contributed by atoms with Crippen molar-refractivity contribution in [3.8, 4) is 6.07 Å². The van der Waals surface area contributed by atoms with Gasteiger partial charge in [0, 0.05) is 19.8 Å². The highest BCUT2D eigenvalue weighted by Gasteiger charge is 2.10. The van der Waals surface area contributed by atoms with Gasteiger partial charge in [0.05, 0.1) is 5.56 Å². The fourth-order valence-electron chi connectivity index (χ4n) is 1.45. The highest BCUT2D eigenvalue weighted by Crippen LogP contribution is 2.19. The van der Waals surface area contributed by atoms with Crippen molar-refractivity contribution in [2.75, 3.05) is 18.5 Å². The summed E-state index contributed by atoms with van der Waals surface area (Å²) in [6.07, 6.45) is 1.72. The first-order valence-electron chi connectivity index (χ1n) is 4.77. The number of hydrogen-bond donors (Lipinski definition) is 0. The molecule has 0 aliphatic rings. The molecule has 0 atom stereocenters. The fraction of sp³-hybridized carbons (Fsp3) is 0.333. The number of rotatable bonds is 3. The Hall–Kier alpha value is -1.82. The molecule has 0 bridgehead atoms. The molecule has 1 rings (SSSR count). The Balaban J connectivity index is 3.09. The van der Waals surface area contributed by atoms with Crippen molar-refractivity contribution in [3.63, 3.8) is 0 Å². The zero-order chi connectivity index (χ0) is 11.4. The molecule has 3 heteroatoms. The van der Waals surface area contributed by atoms with E-state index in [4.69, 9.17) is 5.26 Å². The van der Waals surface area contributed by atoms with Gasteiger partial charge in [-0.2, -0.15) is 5.26 Å². The second-order valence-corrected chi connectivity index (χ2v) is 3.75. The van der Waals surface area contributed by atoms with Crippen LogP contribution in [0.1, 0.15) is 18.1 Å². The third-order valence-corrected chi connectivity index (χ3v) is 2.12. The molecule has 1 aromatic heterocycles. The lowest BCUT2D eigenvalue weighted by Crippen LogP contribution is -2.21. The van der Waals surface area contributed by atoms with Crippen LogP contribution >= 0.6 is 0 Å². The lowest BCUT2D eigenvalue weighted by Gasteiger charge is -2.19. The molecule has 0 spiro atoms. The summed E-state index contributed by atoms with van der Waals surface area (Å²) in [7, 11) is 1.91. The second-order valence-electron chi connectivity index (χ2n) is 3.75. The number of hydrogen-bond acceptors (Lipinski definition) is 3. The van der Waals surface area contributed by atoms with Gasteiger partial charge in [-0.3, -0.25) is 0 Å². The van der Waals surface area contributed by atoms with Crippen molar-refractivity contribution < 1.29 is 0 Å². The average Bonchev–Trinajstić information content (AvgIpc) is 2.16. The number of likely N-dealkylation sites (N-methyl/N-ethyl adjacent to an activating group) is 1. The van der Waals surface area contributed by atoms with Gasteiger partial charge >= 0.3 is 0 Å². The molecular weight excluding hydrogens is 186 g/mol. The molecule has 0 fully saturated rings. The van der Waals surface area contributed by atoms with Crippen LogP contribution in [0.2, 0.25) is 0 Å². The molecule has 0 N–H and O–H groups in total. The maximum Gasteiger partial charge on any atom is 0.146 e. The van der Waals surface area contributed by atoms with Crippen LogP contribution in [0.15, 0.2) is 24.4 Å². The van der Waals surface area contributed by atoms with E-state index in [2.05, 4.69) is 17.6 Å². The van der Waals surface area contributed by atoms with E-state index in [-0.39, 0.29) is 0 Å². The molecule has 15 heavy (non-hydrogen) atoms. The summed E-state index contributed by atoms with van der Waals surface area (Å²) in [5, 5.41) is 9.04. The molecule has 3 nitrogen and oxygen atoms in total. The molecular formula is C12H15N3. The van der Waals surface area contributed by atoms with E-state index < -0.39 is 0 Å². The first-order valence-corrected chi connectivity index (χ1v) is 4.77. The quantitative estimate of drug-likeness (QED) is 0.704. The third-order valence-electron chi connectivity index (χ3n) is 2.12. The fourth-order valence-corrected chi connectivity index (χ4v) is 1.45. The minimum absolute atomic E-state index is 0.640. The first kappa shape index (κ1) is 11.3. The van der Waals surface area contributed by atoms with Crippen molar-refractivity contribution in [1.29, 1.82) is 5.26 Å². The average molecular weight is 201 g/mol. The third kappa shape index (κ3) is 2.57. The highest BCUT2D eigenvalue weighted by atomic mass is 15.2. The van der Waals surface area contributed by atoms with Crippen LogP contribution in [0, 0.1) is 18.3 Å². The maximum atomic E-state index is 9.04. The van der Waals surface area contributed by atoms with Gasteiger partial charge in [0.15, 0.2) is 0 Å². The second kappa shape index (κ2) is 4.61. The van der Waals surface area contributed by atoms with Crippen molar-refractivity contribution >= 4 is 5.82 Å². The summed E-state index contributed by atoms with van der Waals surface area (Å²) < 4.78 is 0. The maximum absolute atomic E-state index is 9.04. The Labute approximate surface area is 90.7 Å². The molecule has 0 radical (unpaired) electrons. The summed E-state index contributed by atoms with van der Waals surface area (Å²) in [6.45, 7) is 8.43. The minimum atomic E-state index is 0.640. The van der Waals surface area contributed by atoms with Gasteiger partial charge < -0.3 is 4.90 Å². The van der Waals surface area contributed by atoms with Crippen LogP contribution in [0.5, 0.6) is 0 Å². The molecule has 78 valence electrons. The molecule has 1 heterocycles. The SMILES string of the molecule is C=C(C)CN(C)c1nccc(C)c1C#N. The Morgan fingerprint density at radius 1 is 1.67 bits per heavy atom. The molecule has 0 amide bonds. The molecule has 0 saturated carbocycles. The zero-order valence-corrected chi connectivity index (χ0v) is 9.41. The number of pyridine rings is 1. The Morgan fingerprint density at radius 3 is 2.87 bits per heavy atom. The topological polar surface area (TPSA) is 39.9 Å². The van der Waals surface area contributed by atoms with Gasteiger partial charge in [-0.05, 0) is 25.5 Å². The van der Waals surface area contributed by atoms with Gasteiger partial charge in [0.1, 0.15) is 11.9 Å². The van der Waals surface area contributed by atoms with Crippen molar-refractivity contribution in [2.45, 2.75) is 13.8 Å². The lowest BCUT2D eigenvalue weighted by atomic mass is 10.1. The highest BCUT2D eigenvalue weighted by molar-refractivity contribution is 5.57. The van der Waals surface area contributed by atoms with Crippen LogP contribution in [0.25, 0.3) is 0 Å². The van der Waals surface area contributed by atoms with Crippen molar-refractivity contribution in [2.24, 2.45) is 0 Å². The van der Waals surface area contributed by atoms with Gasteiger partial charge in [0.2, 0.25) is 0 Å². The summed E-state index contributed by atoms with van der Waals surface area (Å²) in [4.78, 5) is 6.16. The van der Waals surface area contributed by atoms with Crippen LogP contribution < -0.4 is 4.90 Å². The smallest absolute Gasteiger partial charge is 0.146 e. The summed E-state index contributed by atoms with van der Waals surface area (Å²) >= 11 is 0. The van der Waals surface area contributed by atoms with E-state index in [9.17, 15) is 0 Å². The van der Waals surface area contributed by atoms with E-state index in [0.717, 1.165) is 17.0 Å². The van der Waals surface area contributed by atoms with Crippen LogP contribution in [0.3, 0.4) is 0 Å². The van der Waals surface area contributed by atoms with Gasteiger partial charge in [-0.25, -0.2) is 4.98 Å². The Kier molecular flexibility index (Phi) is 3.46. The molecule has 0 aliphatic heterocycles. The number of aryl methyl sites for hydroxylation is 1. The van der Waals surface area contributed by atoms with Gasteiger partial charge in [0.25, 0.3) is 0 Å². The van der Waals surface area contributed by atoms with E-state index in [1.807, 2.05) is 31.9 Å². The number of nitrogens with zero attached hydrogens (tertiary/aromatic N) is 3. The summed E-state index contributed by atoms with van der Waals surface area (Å²) in [5.74, 6) is 0.723. The van der Waals surface area contributed by atoms with Gasteiger partial charge in [-0.1, -0.05) is 12.2 Å². The van der Waals surface area contributed by atoms with Crippen molar-refractivity contribution in [3.05, 3.63) is 35.5 Å². The predicted octanol–water partition coefficient (Wildman–Crippen LogP) is 2.27. The first-order chi connectivity index (χ1) is 7.06. The van der Waals surface area contributed by atoms with E-state index in [1.54, 1.807) is 6.20 Å². The van der Waals surface area contributed by atoms with E-state index in [0.29, 0.717) is 12.1 Å². The Morgan fingerprint density at radius 2 is 2.33 bits per heavy atom. The summed E-state index contributed by atoms with van der Waals surface area (Å²) in [6, 6.07) is 4.03. The molecule has 0 aliphatic carbocycles.